The van der Waals surface area contributed by atoms with E-state index in [1.807, 2.05) is 30.3 Å². The summed E-state index contributed by atoms with van der Waals surface area (Å²) in [6.07, 6.45) is 1.21. The minimum atomic E-state index is -0.333. The standard InChI is InChI=1S/C21H24ClN3O3/c1-15(13-20(27)23-18-10-8-17(22)9-11-18)14-21(28)25-24-19(26)12-7-16-5-3-2-4-6-16/h2-6,8-11,15H,7,12-14H2,1H3,(H,23,27)(H,24,26)(H,25,28)/t15-/m0/s1. The van der Waals surface area contributed by atoms with Crippen molar-refractivity contribution in [1.82, 2.24) is 10.9 Å². The highest BCUT2D eigenvalue weighted by Crippen LogP contribution is 2.15. The molecule has 3 N–H and O–H groups in total. The van der Waals surface area contributed by atoms with Crippen LogP contribution in [0.3, 0.4) is 0 Å². The lowest BCUT2D eigenvalue weighted by Crippen LogP contribution is -2.42. The molecule has 148 valence electrons. The van der Waals surface area contributed by atoms with Gasteiger partial charge in [-0.15, -0.1) is 0 Å². The Morgan fingerprint density at radius 1 is 0.857 bits per heavy atom. The Morgan fingerprint density at radius 2 is 1.46 bits per heavy atom. The maximum Gasteiger partial charge on any atom is 0.238 e. The normalized spacial score (nSPS) is 11.4. The van der Waals surface area contributed by atoms with Crippen LogP contribution in [-0.2, 0) is 20.8 Å². The number of hydrazine groups is 1. The minimum Gasteiger partial charge on any atom is -0.326 e. The Labute approximate surface area is 169 Å². The zero-order valence-electron chi connectivity index (χ0n) is 15.7. The second-order valence-corrected chi connectivity index (χ2v) is 7.09. The molecule has 0 radical (unpaired) electrons. The molecule has 28 heavy (non-hydrogen) atoms. The molecule has 1 atom stereocenters. The molecule has 0 spiro atoms. The third-order valence-electron chi connectivity index (χ3n) is 4.02. The molecule has 3 amide bonds. The van der Waals surface area contributed by atoms with Gasteiger partial charge in [-0.3, -0.25) is 25.2 Å². The molecule has 0 saturated heterocycles. The number of hydrogen-bond donors (Lipinski definition) is 3. The van der Waals surface area contributed by atoms with Gasteiger partial charge in [-0.1, -0.05) is 48.9 Å². The molecular formula is C21H24ClN3O3. The van der Waals surface area contributed by atoms with Gasteiger partial charge in [-0.2, -0.15) is 0 Å². The fourth-order valence-electron chi connectivity index (χ4n) is 2.61. The molecule has 2 aromatic rings. The average molecular weight is 402 g/mol. The van der Waals surface area contributed by atoms with Gasteiger partial charge in [-0.25, -0.2) is 0 Å². The lowest BCUT2D eigenvalue weighted by molar-refractivity contribution is -0.129. The van der Waals surface area contributed by atoms with Crippen molar-refractivity contribution in [2.75, 3.05) is 5.32 Å². The maximum atomic E-state index is 12.0. The summed E-state index contributed by atoms with van der Waals surface area (Å²) in [5.41, 5.74) is 6.51. The van der Waals surface area contributed by atoms with Crippen LogP contribution in [0.15, 0.2) is 54.6 Å². The highest BCUT2D eigenvalue weighted by molar-refractivity contribution is 6.30. The van der Waals surface area contributed by atoms with E-state index < -0.39 is 0 Å². The van der Waals surface area contributed by atoms with Crippen molar-refractivity contribution in [1.29, 1.82) is 0 Å². The molecule has 0 aliphatic carbocycles. The van der Waals surface area contributed by atoms with E-state index in [1.165, 1.54) is 0 Å². The molecule has 6 nitrogen and oxygen atoms in total. The molecule has 0 saturated carbocycles. The van der Waals surface area contributed by atoms with E-state index in [0.717, 1.165) is 5.56 Å². The second-order valence-electron chi connectivity index (χ2n) is 6.65. The van der Waals surface area contributed by atoms with Crippen molar-refractivity contribution in [3.8, 4) is 0 Å². The highest BCUT2D eigenvalue weighted by Gasteiger charge is 2.14. The van der Waals surface area contributed by atoms with Crippen molar-refractivity contribution in [2.24, 2.45) is 5.92 Å². The lowest BCUT2D eigenvalue weighted by atomic mass is 10.0. The molecule has 0 bridgehead atoms. The van der Waals surface area contributed by atoms with Crippen LogP contribution in [0.25, 0.3) is 0 Å². The number of carbonyl (C=O) groups excluding carboxylic acids is 3. The summed E-state index contributed by atoms with van der Waals surface area (Å²) < 4.78 is 0. The van der Waals surface area contributed by atoms with Crippen LogP contribution in [0.2, 0.25) is 5.02 Å². The van der Waals surface area contributed by atoms with Gasteiger partial charge in [0.15, 0.2) is 0 Å². The number of hydrogen-bond acceptors (Lipinski definition) is 3. The topological polar surface area (TPSA) is 87.3 Å². The second kappa shape index (κ2) is 11.1. The molecular weight excluding hydrogens is 378 g/mol. The molecule has 2 aromatic carbocycles. The molecule has 0 unspecified atom stereocenters. The number of aryl methyl sites for hydroxylation is 1. The van der Waals surface area contributed by atoms with Crippen molar-refractivity contribution < 1.29 is 14.4 Å². The van der Waals surface area contributed by atoms with Crippen molar-refractivity contribution in [3.05, 3.63) is 65.2 Å². The van der Waals surface area contributed by atoms with E-state index in [2.05, 4.69) is 16.2 Å². The predicted octanol–water partition coefficient (Wildman–Crippen LogP) is 3.48. The zero-order valence-corrected chi connectivity index (χ0v) is 16.5. The Bertz CT molecular complexity index is 794. The molecule has 7 heteroatoms. The van der Waals surface area contributed by atoms with E-state index in [9.17, 15) is 14.4 Å². The first-order valence-corrected chi connectivity index (χ1v) is 9.47. The number of anilines is 1. The molecule has 0 aliphatic rings. The van der Waals surface area contributed by atoms with Crippen molar-refractivity contribution in [3.63, 3.8) is 0 Å². The van der Waals surface area contributed by atoms with Gasteiger partial charge in [0, 0.05) is 30.0 Å². The van der Waals surface area contributed by atoms with Crippen LogP contribution < -0.4 is 16.2 Å². The Morgan fingerprint density at radius 3 is 2.14 bits per heavy atom. The Balaban J connectivity index is 1.63. The first-order valence-electron chi connectivity index (χ1n) is 9.09. The van der Waals surface area contributed by atoms with E-state index >= 15 is 0 Å². The monoisotopic (exact) mass is 401 g/mol. The summed E-state index contributed by atoms with van der Waals surface area (Å²) in [4.78, 5) is 35.8. The van der Waals surface area contributed by atoms with Crippen molar-refractivity contribution in [2.45, 2.75) is 32.6 Å². The van der Waals surface area contributed by atoms with E-state index in [0.29, 0.717) is 17.1 Å². The largest absolute Gasteiger partial charge is 0.326 e. The van der Waals surface area contributed by atoms with E-state index in [1.54, 1.807) is 31.2 Å². The van der Waals surface area contributed by atoms with Crippen LogP contribution in [0.4, 0.5) is 5.69 Å². The van der Waals surface area contributed by atoms with Crippen LogP contribution >= 0.6 is 11.6 Å². The number of amides is 3. The van der Waals surface area contributed by atoms with Crippen molar-refractivity contribution >= 4 is 35.0 Å². The third-order valence-corrected chi connectivity index (χ3v) is 4.27. The summed E-state index contributed by atoms with van der Waals surface area (Å²) in [6.45, 7) is 1.80. The average Bonchev–Trinajstić information content (AvgIpc) is 2.67. The van der Waals surface area contributed by atoms with Gasteiger partial charge in [-0.05, 0) is 42.2 Å². The van der Waals surface area contributed by atoms with Gasteiger partial charge in [0.25, 0.3) is 0 Å². The lowest BCUT2D eigenvalue weighted by Gasteiger charge is -2.12. The first-order chi connectivity index (χ1) is 13.4. The van der Waals surface area contributed by atoms with Gasteiger partial charge >= 0.3 is 0 Å². The zero-order chi connectivity index (χ0) is 20.4. The SMILES string of the molecule is C[C@H](CC(=O)NNC(=O)CCc1ccccc1)CC(=O)Nc1ccc(Cl)cc1. The van der Waals surface area contributed by atoms with Gasteiger partial charge in [0.1, 0.15) is 0 Å². The van der Waals surface area contributed by atoms with E-state index in [4.69, 9.17) is 11.6 Å². The summed E-state index contributed by atoms with van der Waals surface area (Å²) in [5, 5.41) is 3.35. The molecule has 0 heterocycles. The number of halogens is 1. The Kier molecular flexibility index (Phi) is 8.49. The van der Waals surface area contributed by atoms with Crippen LogP contribution in [0.5, 0.6) is 0 Å². The number of benzene rings is 2. The van der Waals surface area contributed by atoms with Crippen LogP contribution in [-0.4, -0.2) is 17.7 Å². The quantitative estimate of drug-likeness (QED) is 0.592. The number of nitrogens with one attached hydrogen (secondary N) is 3. The fourth-order valence-corrected chi connectivity index (χ4v) is 2.73. The number of rotatable bonds is 8. The molecule has 2 rings (SSSR count). The predicted molar refractivity (Wildman–Crippen MR) is 110 cm³/mol. The third kappa shape index (κ3) is 8.22. The molecule has 0 fully saturated rings. The van der Waals surface area contributed by atoms with Gasteiger partial charge < -0.3 is 5.32 Å². The highest BCUT2D eigenvalue weighted by atomic mass is 35.5. The fraction of sp³-hybridized carbons (Fsp3) is 0.286. The van der Waals surface area contributed by atoms with Gasteiger partial charge in [0.05, 0.1) is 0 Å². The van der Waals surface area contributed by atoms with Crippen LogP contribution in [0.1, 0.15) is 31.7 Å². The number of carbonyl (C=O) groups is 3. The summed E-state index contributed by atoms with van der Waals surface area (Å²) in [6, 6.07) is 16.4. The smallest absolute Gasteiger partial charge is 0.238 e. The van der Waals surface area contributed by atoms with E-state index in [-0.39, 0.29) is 42.9 Å². The maximum absolute atomic E-state index is 12.0. The minimum absolute atomic E-state index is 0.132. The van der Waals surface area contributed by atoms with Crippen LogP contribution in [0, 0.1) is 5.92 Å². The first kappa shape index (κ1) is 21.4. The van der Waals surface area contributed by atoms with Gasteiger partial charge in [0.2, 0.25) is 17.7 Å². The molecule has 0 aromatic heterocycles. The Hall–Kier alpha value is -2.86. The summed E-state index contributed by atoms with van der Waals surface area (Å²) in [7, 11) is 0. The summed E-state index contributed by atoms with van der Waals surface area (Å²) in [5.74, 6) is -0.951. The summed E-state index contributed by atoms with van der Waals surface area (Å²) >= 11 is 5.81. The molecule has 0 aliphatic heterocycles.